The van der Waals surface area contributed by atoms with Gasteiger partial charge in [-0.3, -0.25) is 14.4 Å². The minimum Gasteiger partial charge on any atom is -0.481 e. The number of hydrogen-bond acceptors (Lipinski definition) is 4. The highest BCUT2D eigenvalue weighted by molar-refractivity contribution is 5.93. The van der Waals surface area contributed by atoms with Crippen LogP contribution in [0.1, 0.15) is 29.8 Å². The first-order chi connectivity index (χ1) is 9.94. The highest BCUT2D eigenvalue weighted by atomic mass is 16.4. The molecule has 2 fully saturated rings. The Bertz CT molecular complexity index is 668. The van der Waals surface area contributed by atoms with E-state index in [1.807, 2.05) is 0 Å². The molecule has 0 unspecified atom stereocenters. The van der Waals surface area contributed by atoms with Gasteiger partial charge in [-0.1, -0.05) is 6.42 Å². The third kappa shape index (κ3) is 2.03. The number of amides is 1. The summed E-state index contributed by atoms with van der Waals surface area (Å²) in [5.74, 6) is -1.10. The Balaban J connectivity index is 1.86. The number of hydrogen-bond donors (Lipinski definition) is 1. The molecule has 2 heterocycles. The van der Waals surface area contributed by atoms with Crippen molar-refractivity contribution in [3.63, 3.8) is 0 Å². The van der Waals surface area contributed by atoms with Gasteiger partial charge >= 0.3 is 5.97 Å². The number of aromatic nitrogens is 2. The fraction of sp³-hybridized carbons (Fsp3) is 0.571. The SMILES string of the molecule is Cn1nc(C(=O)N2C[C@@H]3CCC[C@@]3(C(=O)O)C2)ccc1=O. The van der Waals surface area contributed by atoms with Crippen molar-refractivity contribution < 1.29 is 14.7 Å². The molecule has 1 aliphatic carbocycles. The standard InChI is InChI=1S/C14H17N3O4/c1-16-11(18)5-4-10(15-16)12(19)17-7-9-3-2-6-14(9,8-17)13(20)21/h4-5,9H,2-3,6-8H2,1H3,(H,20,21)/t9-,14+/m0/s1. The molecular formula is C14H17N3O4. The molecule has 0 radical (unpaired) electrons. The van der Waals surface area contributed by atoms with Gasteiger partial charge in [0.2, 0.25) is 0 Å². The Morgan fingerprint density at radius 3 is 2.81 bits per heavy atom. The maximum absolute atomic E-state index is 12.5. The average Bonchev–Trinajstić information content (AvgIpc) is 2.98. The molecule has 3 rings (SSSR count). The Morgan fingerprint density at radius 2 is 2.19 bits per heavy atom. The lowest BCUT2D eigenvalue weighted by molar-refractivity contribution is -0.149. The van der Waals surface area contributed by atoms with Crippen molar-refractivity contribution in [3.05, 3.63) is 28.2 Å². The molecule has 1 N–H and O–H groups in total. The van der Waals surface area contributed by atoms with Crippen LogP contribution in [0.2, 0.25) is 0 Å². The van der Waals surface area contributed by atoms with Gasteiger partial charge in [-0.2, -0.15) is 5.10 Å². The van der Waals surface area contributed by atoms with E-state index in [0.29, 0.717) is 13.0 Å². The largest absolute Gasteiger partial charge is 0.481 e. The summed E-state index contributed by atoms with van der Waals surface area (Å²) >= 11 is 0. The van der Waals surface area contributed by atoms with E-state index < -0.39 is 11.4 Å². The van der Waals surface area contributed by atoms with Gasteiger partial charge < -0.3 is 10.0 Å². The summed E-state index contributed by atoms with van der Waals surface area (Å²) in [7, 11) is 1.48. The van der Waals surface area contributed by atoms with Crippen molar-refractivity contribution >= 4 is 11.9 Å². The van der Waals surface area contributed by atoms with Gasteiger partial charge in [0.1, 0.15) is 5.69 Å². The van der Waals surface area contributed by atoms with Gasteiger partial charge in [0.05, 0.1) is 5.41 Å². The second kappa shape index (κ2) is 4.68. The van der Waals surface area contributed by atoms with Crippen LogP contribution in [0.25, 0.3) is 0 Å². The van der Waals surface area contributed by atoms with E-state index in [9.17, 15) is 19.5 Å². The van der Waals surface area contributed by atoms with Crippen LogP contribution in [-0.4, -0.2) is 44.8 Å². The minimum atomic E-state index is -0.811. The maximum atomic E-state index is 12.5. The summed E-state index contributed by atoms with van der Waals surface area (Å²) in [4.78, 5) is 36.9. The molecular weight excluding hydrogens is 274 g/mol. The smallest absolute Gasteiger partial charge is 0.311 e. The predicted octanol–water partition coefficient (Wildman–Crippen LogP) is 0.107. The number of likely N-dealkylation sites (tertiary alicyclic amines) is 1. The summed E-state index contributed by atoms with van der Waals surface area (Å²) in [6, 6.07) is 2.69. The summed E-state index contributed by atoms with van der Waals surface area (Å²) < 4.78 is 1.11. The second-order valence-corrected chi connectivity index (χ2v) is 5.92. The number of nitrogens with zero attached hydrogens (tertiary/aromatic N) is 3. The van der Waals surface area contributed by atoms with E-state index in [0.717, 1.165) is 17.5 Å². The van der Waals surface area contributed by atoms with Crippen LogP contribution < -0.4 is 5.56 Å². The topological polar surface area (TPSA) is 92.5 Å². The van der Waals surface area contributed by atoms with Crippen molar-refractivity contribution in [3.8, 4) is 0 Å². The lowest BCUT2D eigenvalue weighted by Gasteiger charge is -2.23. The Morgan fingerprint density at radius 1 is 1.43 bits per heavy atom. The Kier molecular flexibility index (Phi) is 3.07. The van der Waals surface area contributed by atoms with Gasteiger partial charge in [-0.15, -0.1) is 0 Å². The summed E-state index contributed by atoms with van der Waals surface area (Å²) in [5, 5.41) is 13.5. The number of aryl methyl sites for hydroxylation is 1. The molecule has 1 saturated carbocycles. The number of carbonyl (C=O) groups is 2. The molecule has 1 aliphatic heterocycles. The van der Waals surface area contributed by atoms with Crippen molar-refractivity contribution in [2.45, 2.75) is 19.3 Å². The average molecular weight is 291 g/mol. The fourth-order valence-corrected chi connectivity index (χ4v) is 3.57. The lowest BCUT2D eigenvalue weighted by Crippen LogP contribution is -2.37. The number of carbonyl (C=O) groups excluding carboxylic acids is 1. The number of carboxylic acid groups (broad SMARTS) is 1. The summed E-state index contributed by atoms with van der Waals surface area (Å²) in [6.45, 7) is 0.687. The van der Waals surface area contributed by atoms with Crippen LogP contribution in [0.4, 0.5) is 0 Å². The molecule has 7 heteroatoms. The number of fused-ring (bicyclic) bond motifs is 1. The summed E-state index contributed by atoms with van der Waals surface area (Å²) in [6.07, 6.45) is 2.37. The van der Waals surface area contributed by atoms with Crippen molar-refractivity contribution in [1.82, 2.24) is 14.7 Å². The van der Waals surface area contributed by atoms with Crippen LogP contribution in [0.5, 0.6) is 0 Å². The first-order valence-electron chi connectivity index (χ1n) is 7.01. The molecule has 1 aromatic rings. The zero-order valence-corrected chi connectivity index (χ0v) is 11.8. The summed E-state index contributed by atoms with van der Waals surface area (Å²) in [5.41, 5.74) is -0.902. The van der Waals surface area contributed by atoms with Gasteiger partial charge in [0.25, 0.3) is 11.5 Å². The highest BCUT2D eigenvalue weighted by Gasteiger charge is 2.55. The highest BCUT2D eigenvalue weighted by Crippen LogP contribution is 2.49. The quantitative estimate of drug-likeness (QED) is 0.834. The maximum Gasteiger partial charge on any atom is 0.311 e. The van der Waals surface area contributed by atoms with Gasteiger partial charge in [-0.25, -0.2) is 4.68 Å². The molecule has 2 atom stereocenters. The van der Waals surface area contributed by atoms with Crippen LogP contribution in [0.15, 0.2) is 16.9 Å². The predicted molar refractivity (Wildman–Crippen MR) is 72.8 cm³/mol. The number of aliphatic carboxylic acids is 1. The van der Waals surface area contributed by atoms with Crippen LogP contribution in [0, 0.1) is 11.3 Å². The third-order valence-electron chi connectivity index (χ3n) is 4.76. The van der Waals surface area contributed by atoms with E-state index >= 15 is 0 Å². The van der Waals surface area contributed by atoms with E-state index in [1.165, 1.54) is 19.2 Å². The molecule has 1 aromatic heterocycles. The van der Waals surface area contributed by atoms with Gasteiger partial charge in [0, 0.05) is 26.2 Å². The molecule has 0 spiro atoms. The molecule has 21 heavy (non-hydrogen) atoms. The van der Waals surface area contributed by atoms with Crippen molar-refractivity contribution in [2.24, 2.45) is 18.4 Å². The first-order valence-corrected chi connectivity index (χ1v) is 7.01. The van der Waals surface area contributed by atoms with E-state index in [-0.39, 0.29) is 29.6 Å². The Hall–Kier alpha value is -2.18. The minimum absolute atomic E-state index is 0.0199. The van der Waals surface area contributed by atoms with E-state index in [2.05, 4.69) is 5.10 Å². The molecule has 7 nitrogen and oxygen atoms in total. The van der Waals surface area contributed by atoms with Crippen molar-refractivity contribution in [2.75, 3.05) is 13.1 Å². The fourth-order valence-electron chi connectivity index (χ4n) is 3.57. The monoisotopic (exact) mass is 291 g/mol. The van der Waals surface area contributed by atoms with Crippen LogP contribution in [-0.2, 0) is 11.8 Å². The van der Waals surface area contributed by atoms with E-state index in [1.54, 1.807) is 4.90 Å². The molecule has 0 bridgehead atoms. The number of carboxylic acids is 1. The van der Waals surface area contributed by atoms with Crippen LogP contribution in [0.3, 0.4) is 0 Å². The molecule has 1 amide bonds. The van der Waals surface area contributed by atoms with Gasteiger partial charge in [0.15, 0.2) is 0 Å². The van der Waals surface area contributed by atoms with E-state index in [4.69, 9.17) is 0 Å². The lowest BCUT2D eigenvalue weighted by atomic mass is 9.81. The zero-order chi connectivity index (χ0) is 15.2. The van der Waals surface area contributed by atoms with Crippen molar-refractivity contribution in [1.29, 1.82) is 0 Å². The van der Waals surface area contributed by atoms with Gasteiger partial charge in [-0.05, 0) is 24.8 Å². The second-order valence-electron chi connectivity index (χ2n) is 5.92. The zero-order valence-electron chi connectivity index (χ0n) is 11.8. The molecule has 112 valence electrons. The first kappa shape index (κ1) is 13.8. The third-order valence-corrected chi connectivity index (χ3v) is 4.76. The Labute approximate surface area is 121 Å². The molecule has 0 aromatic carbocycles. The number of rotatable bonds is 2. The normalized spacial score (nSPS) is 27.7. The van der Waals surface area contributed by atoms with Crippen LogP contribution >= 0.6 is 0 Å². The molecule has 1 saturated heterocycles. The molecule has 2 aliphatic rings.